The number of aryl methyl sites for hydroxylation is 1. The highest BCUT2D eigenvalue weighted by Crippen LogP contribution is 2.58. The molecule has 1 N–H and O–H groups in total. The monoisotopic (exact) mass is 230 g/mol. The van der Waals surface area contributed by atoms with E-state index < -0.39 is 5.97 Å². The SMILES string of the molecule is Cc1ccc2c(c1)C(CC(=O)O)CCC21CC1. The summed E-state index contributed by atoms with van der Waals surface area (Å²) < 4.78 is 0. The van der Waals surface area contributed by atoms with Gasteiger partial charge in [0, 0.05) is 0 Å². The van der Waals surface area contributed by atoms with Gasteiger partial charge < -0.3 is 5.11 Å². The van der Waals surface area contributed by atoms with Crippen molar-refractivity contribution in [1.29, 1.82) is 0 Å². The van der Waals surface area contributed by atoms with Crippen LogP contribution >= 0.6 is 0 Å². The minimum absolute atomic E-state index is 0.230. The number of hydrogen-bond acceptors (Lipinski definition) is 1. The van der Waals surface area contributed by atoms with E-state index in [2.05, 4.69) is 25.1 Å². The van der Waals surface area contributed by atoms with Crippen LogP contribution in [0.3, 0.4) is 0 Å². The van der Waals surface area contributed by atoms with Crippen molar-refractivity contribution in [2.45, 2.75) is 50.4 Å². The second-order valence-corrected chi connectivity index (χ2v) is 5.70. The first-order valence-corrected chi connectivity index (χ1v) is 6.44. The van der Waals surface area contributed by atoms with Crippen LogP contribution in [0.25, 0.3) is 0 Å². The van der Waals surface area contributed by atoms with Crippen LogP contribution in [0.1, 0.15) is 54.7 Å². The molecule has 2 aliphatic rings. The molecule has 1 saturated carbocycles. The third kappa shape index (κ3) is 1.76. The van der Waals surface area contributed by atoms with E-state index in [0.717, 1.165) is 6.42 Å². The van der Waals surface area contributed by atoms with E-state index in [1.54, 1.807) is 0 Å². The summed E-state index contributed by atoms with van der Waals surface area (Å²) in [5.74, 6) is -0.442. The summed E-state index contributed by atoms with van der Waals surface area (Å²) in [6, 6.07) is 6.62. The highest BCUT2D eigenvalue weighted by atomic mass is 16.4. The first kappa shape index (κ1) is 10.8. The van der Waals surface area contributed by atoms with Gasteiger partial charge in [0.25, 0.3) is 0 Å². The van der Waals surface area contributed by atoms with Gasteiger partial charge in [-0.1, -0.05) is 23.8 Å². The van der Waals surface area contributed by atoms with Crippen molar-refractivity contribution < 1.29 is 9.90 Å². The molecule has 0 radical (unpaired) electrons. The largest absolute Gasteiger partial charge is 0.481 e. The van der Waals surface area contributed by atoms with Crippen molar-refractivity contribution in [3.05, 3.63) is 34.9 Å². The first-order valence-electron chi connectivity index (χ1n) is 6.44. The maximum atomic E-state index is 10.9. The molecule has 0 heterocycles. The fourth-order valence-electron chi connectivity index (χ4n) is 3.34. The van der Waals surface area contributed by atoms with E-state index in [9.17, 15) is 4.79 Å². The van der Waals surface area contributed by atoms with Crippen molar-refractivity contribution in [3.8, 4) is 0 Å². The molecule has 1 unspecified atom stereocenters. The molecular weight excluding hydrogens is 212 g/mol. The zero-order valence-electron chi connectivity index (χ0n) is 10.2. The van der Waals surface area contributed by atoms with Gasteiger partial charge in [-0.3, -0.25) is 4.79 Å². The van der Waals surface area contributed by atoms with Gasteiger partial charge in [0.2, 0.25) is 0 Å². The van der Waals surface area contributed by atoms with E-state index in [1.165, 1.54) is 36.0 Å². The molecule has 1 atom stereocenters. The number of carbonyl (C=O) groups is 1. The molecule has 17 heavy (non-hydrogen) atoms. The van der Waals surface area contributed by atoms with Gasteiger partial charge in [-0.15, -0.1) is 0 Å². The number of aliphatic carboxylic acids is 1. The van der Waals surface area contributed by atoms with Gasteiger partial charge in [0.05, 0.1) is 6.42 Å². The Morgan fingerprint density at radius 3 is 2.82 bits per heavy atom. The Labute approximate surface area is 102 Å². The highest BCUT2D eigenvalue weighted by molar-refractivity contribution is 5.68. The van der Waals surface area contributed by atoms with Crippen LogP contribution < -0.4 is 0 Å². The summed E-state index contributed by atoms with van der Waals surface area (Å²) >= 11 is 0. The molecule has 1 aromatic rings. The van der Waals surface area contributed by atoms with Crippen LogP contribution in [-0.4, -0.2) is 11.1 Å². The quantitative estimate of drug-likeness (QED) is 0.845. The summed E-state index contributed by atoms with van der Waals surface area (Å²) in [5, 5.41) is 9.01. The minimum atomic E-state index is -0.672. The van der Waals surface area contributed by atoms with E-state index in [1.807, 2.05) is 0 Å². The third-order valence-corrected chi connectivity index (χ3v) is 4.46. The number of benzene rings is 1. The molecule has 2 heteroatoms. The van der Waals surface area contributed by atoms with Crippen molar-refractivity contribution in [2.24, 2.45) is 0 Å². The van der Waals surface area contributed by atoms with E-state index >= 15 is 0 Å². The molecule has 2 aliphatic carbocycles. The molecule has 0 aromatic heterocycles. The Kier molecular flexibility index (Phi) is 2.29. The van der Waals surface area contributed by atoms with Crippen LogP contribution in [0.5, 0.6) is 0 Å². The average Bonchev–Trinajstić information content (AvgIpc) is 3.03. The lowest BCUT2D eigenvalue weighted by Gasteiger charge is -2.31. The van der Waals surface area contributed by atoms with Crippen LogP contribution in [0.2, 0.25) is 0 Å². The maximum absolute atomic E-state index is 10.9. The predicted molar refractivity (Wildman–Crippen MR) is 66.3 cm³/mol. The Morgan fingerprint density at radius 2 is 2.18 bits per heavy atom. The fourth-order valence-corrected chi connectivity index (χ4v) is 3.34. The minimum Gasteiger partial charge on any atom is -0.481 e. The van der Waals surface area contributed by atoms with Gasteiger partial charge in [0.15, 0.2) is 0 Å². The summed E-state index contributed by atoms with van der Waals surface area (Å²) in [5.41, 5.74) is 4.44. The second-order valence-electron chi connectivity index (χ2n) is 5.70. The van der Waals surface area contributed by atoms with E-state index in [-0.39, 0.29) is 12.3 Å². The van der Waals surface area contributed by atoms with Crippen molar-refractivity contribution in [2.75, 3.05) is 0 Å². The predicted octanol–water partition coefficient (Wildman–Crippen LogP) is 3.38. The van der Waals surface area contributed by atoms with Gasteiger partial charge >= 0.3 is 5.97 Å². The molecule has 3 rings (SSSR count). The molecular formula is C15H18O2. The Bertz CT molecular complexity index is 472. The summed E-state index contributed by atoms with van der Waals surface area (Å²) in [7, 11) is 0. The number of carboxylic acids is 1. The smallest absolute Gasteiger partial charge is 0.303 e. The molecule has 0 bridgehead atoms. The Balaban J connectivity index is 2.02. The van der Waals surface area contributed by atoms with Crippen molar-refractivity contribution in [3.63, 3.8) is 0 Å². The van der Waals surface area contributed by atoms with Crippen LogP contribution in [0, 0.1) is 6.92 Å². The molecule has 1 aromatic carbocycles. The molecule has 2 nitrogen and oxygen atoms in total. The van der Waals surface area contributed by atoms with Crippen molar-refractivity contribution in [1.82, 2.24) is 0 Å². The normalized spacial score (nSPS) is 24.4. The Hall–Kier alpha value is -1.31. The second kappa shape index (κ2) is 3.59. The lowest BCUT2D eigenvalue weighted by atomic mass is 9.73. The molecule has 90 valence electrons. The Morgan fingerprint density at radius 1 is 1.41 bits per heavy atom. The summed E-state index contributed by atoms with van der Waals surface area (Å²) in [6.45, 7) is 2.09. The van der Waals surface area contributed by atoms with Gasteiger partial charge in [-0.25, -0.2) is 0 Å². The number of rotatable bonds is 2. The zero-order valence-corrected chi connectivity index (χ0v) is 10.2. The standard InChI is InChI=1S/C15H18O2/c1-10-2-3-13-12(8-10)11(9-14(16)17)4-5-15(13)6-7-15/h2-3,8,11H,4-7,9H2,1H3,(H,16,17). The highest BCUT2D eigenvalue weighted by Gasteiger charge is 2.48. The summed E-state index contributed by atoms with van der Waals surface area (Å²) in [4.78, 5) is 10.9. The molecule has 1 fully saturated rings. The van der Waals surface area contributed by atoms with Crippen molar-refractivity contribution >= 4 is 5.97 Å². The molecule has 1 spiro atoms. The van der Waals surface area contributed by atoms with Gasteiger partial charge in [0.1, 0.15) is 0 Å². The van der Waals surface area contributed by atoms with Crippen LogP contribution in [0.15, 0.2) is 18.2 Å². The number of fused-ring (bicyclic) bond motifs is 2. The number of carboxylic acid groups (broad SMARTS) is 1. The average molecular weight is 230 g/mol. The lowest BCUT2D eigenvalue weighted by molar-refractivity contribution is -0.137. The molecule has 0 saturated heterocycles. The van der Waals surface area contributed by atoms with Gasteiger partial charge in [-0.05, 0) is 55.1 Å². The number of hydrogen-bond donors (Lipinski definition) is 1. The van der Waals surface area contributed by atoms with Gasteiger partial charge in [-0.2, -0.15) is 0 Å². The summed E-state index contributed by atoms with van der Waals surface area (Å²) in [6.07, 6.45) is 5.10. The first-order chi connectivity index (χ1) is 8.11. The molecule has 0 amide bonds. The molecule has 0 aliphatic heterocycles. The zero-order chi connectivity index (χ0) is 12.0. The van der Waals surface area contributed by atoms with Crippen LogP contribution in [-0.2, 0) is 10.2 Å². The van der Waals surface area contributed by atoms with E-state index in [4.69, 9.17) is 5.11 Å². The topological polar surface area (TPSA) is 37.3 Å². The van der Waals surface area contributed by atoms with E-state index in [0.29, 0.717) is 5.41 Å². The third-order valence-electron chi connectivity index (χ3n) is 4.46. The fraction of sp³-hybridized carbons (Fsp3) is 0.533. The maximum Gasteiger partial charge on any atom is 0.303 e. The lowest BCUT2D eigenvalue weighted by Crippen LogP contribution is -2.21. The van der Waals surface area contributed by atoms with Crippen LogP contribution in [0.4, 0.5) is 0 Å².